The normalized spacial score (nSPS) is 15.3. The van der Waals surface area contributed by atoms with E-state index in [4.69, 9.17) is 4.42 Å². The molecule has 1 amide bonds. The Balaban J connectivity index is 1.46. The van der Waals surface area contributed by atoms with Crippen LogP contribution in [0.5, 0.6) is 0 Å². The lowest BCUT2D eigenvalue weighted by Crippen LogP contribution is -2.31. The van der Waals surface area contributed by atoms with E-state index in [2.05, 4.69) is 15.5 Å². The summed E-state index contributed by atoms with van der Waals surface area (Å²) in [5.41, 5.74) is 0.0648. The van der Waals surface area contributed by atoms with Crippen molar-refractivity contribution in [2.75, 3.05) is 18.4 Å². The van der Waals surface area contributed by atoms with E-state index in [0.717, 1.165) is 37.8 Å². The number of nitrogens with one attached hydrogen (secondary N) is 1. The molecular formula is C21H20F2N4O4S. The van der Waals surface area contributed by atoms with Crippen molar-refractivity contribution in [3.05, 3.63) is 59.7 Å². The van der Waals surface area contributed by atoms with Gasteiger partial charge in [0.2, 0.25) is 10.0 Å². The molecule has 1 aliphatic heterocycles. The van der Waals surface area contributed by atoms with Crippen molar-refractivity contribution in [1.82, 2.24) is 14.5 Å². The highest BCUT2D eigenvalue weighted by molar-refractivity contribution is 7.89. The predicted molar refractivity (Wildman–Crippen MR) is 111 cm³/mol. The Morgan fingerprint density at radius 1 is 0.969 bits per heavy atom. The molecule has 0 aliphatic carbocycles. The fourth-order valence-electron chi connectivity index (χ4n) is 3.42. The second-order valence-corrected chi connectivity index (χ2v) is 9.27. The van der Waals surface area contributed by atoms with Gasteiger partial charge in [-0.1, -0.05) is 17.9 Å². The minimum Gasteiger partial charge on any atom is -0.403 e. The summed E-state index contributed by atoms with van der Waals surface area (Å²) in [7, 11) is -3.62. The number of aromatic nitrogens is 2. The molecule has 8 nitrogen and oxygen atoms in total. The molecule has 1 aromatic heterocycles. The number of nitrogens with zero attached hydrogens (tertiary/aromatic N) is 3. The number of benzene rings is 2. The maximum absolute atomic E-state index is 13.9. The third-order valence-corrected chi connectivity index (χ3v) is 7.04. The lowest BCUT2D eigenvalue weighted by atomic mass is 10.2. The molecule has 0 saturated carbocycles. The molecular weight excluding hydrogens is 442 g/mol. The Kier molecular flexibility index (Phi) is 6.28. The zero-order valence-electron chi connectivity index (χ0n) is 16.9. The van der Waals surface area contributed by atoms with Crippen LogP contribution in [0.3, 0.4) is 0 Å². The first kappa shape index (κ1) is 22.0. The van der Waals surface area contributed by atoms with Crippen molar-refractivity contribution in [1.29, 1.82) is 0 Å². The molecule has 1 fully saturated rings. The molecule has 1 N–H and O–H groups in total. The average molecular weight is 462 g/mol. The number of carbonyl (C=O) groups excluding carboxylic acids is 1. The molecule has 168 valence electrons. The Labute approximate surface area is 183 Å². The summed E-state index contributed by atoms with van der Waals surface area (Å²) in [6.45, 7) is 0.970. The number of hydrogen-bond acceptors (Lipinski definition) is 6. The molecule has 2 aromatic carbocycles. The van der Waals surface area contributed by atoms with Crippen molar-refractivity contribution in [3.8, 4) is 11.5 Å². The van der Waals surface area contributed by atoms with Gasteiger partial charge in [-0.2, -0.15) is 4.31 Å². The highest BCUT2D eigenvalue weighted by Crippen LogP contribution is 2.24. The summed E-state index contributed by atoms with van der Waals surface area (Å²) in [4.78, 5) is 12.6. The van der Waals surface area contributed by atoms with Crippen LogP contribution in [0.1, 0.15) is 36.0 Å². The zero-order chi connectivity index (χ0) is 22.7. The second-order valence-electron chi connectivity index (χ2n) is 7.33. The molecule has 4 rings (SSSR count). The predicted octanol–water partition coefficient (Wildman–Crippen LogP) is 3.83. The molecule has 11 heteroatoms. The Morgan fingerprint density at radius 2 is 1.66 bits per heavy atom. The Morgan fingerprint density at radius 3 is 2.31 bits per heavy atom. The summed E-state index contributed by atoms with van der Waals surface area (Å²) in [6.07, 6.45) is 3.67. The van der Waals surface area contributed by atoms with Crippen molar-refractivity contribution >= 4 is 21.9 Å². The van der Waals surface area contributed by atoms with E-state index in [1.165, 1.54) is 28.6 Å². The lowest BCUT2D eigenvalue weighted by molar-refractivity contribution is 0.102. The fraction of sp³-hybridized carbons (Fsp3) is 0.286. The molecule has 0 atom stereocenters. The van der Waals surface area contributed by atoms with Gasteiger partial charge in [0.1, 0.15) is 11.6 Å². The van der Waals surface area contributed by atoms with E-state index >= 15 is 0 Å². The van der Waals surface area contributed by atoms with Crippen LogP contribution in [-0.4, -0.2) is 41.9 Å². The molecule has 1 aliphatic rings. The first-order chi connectivity index (χ1) is 15.3. The van der Waals surface area contributed by atoms with Crippen LogP contribution in [-0.2, 0) is 10.0 Å². The van der Waals surface area contributed by atoms with E-state index in [1.807, 2.05) is 0 Å². The van der Waals surface area contributed by atoms with Gasteiger partial charge in [0, 0.05) is 24.7 Å². The number of sulfonamides is 1. The van der Waals surface area contributed by atoms with Gasteiger partial charge in [-0.25, -0.2) is 17.2 Å². The molecule has 32 heavy (non-hydrogen) atoms. The minimum atomic E-state index is -3.62. The molecule has 0 bridgehead atoms. The van der Waals surface area contributed by atoms with E-state index in [1.54, 1.807) is 0 Å². The van der Waals surface area contributed by atoms with Gasteiger partial charge in [-0.15, -0.1) is 5.10 Å². The minimum absolute atomic E-state index is 0.109. The van der Waals surface area contributed by atoms with Crippen LogP contribution in [0, 0.1) is 11.6 Å². The van der Waals surface area contributed by atoms with Crippen LogP contribution in [0.4, 0.5) is 14.8 Å². The Hall–Kier alpha value is -3.18. The van der Waals surface area contributed by atoms with Gasteiger partial charge in [0.15, 0.2) is 0 Å². The molecule has 0 unspecified atom stereocenters. The monoisotopic (exact) mass is 462 g/mol. The smallest absolute Gasteiger partial charge is 0.322 e. The van der Waals surface area contributed by atoms with Gasteiger partial charge >= 0.3 is 6.01 Å². The first-order valence-corrected chi connectivity index (χ1v) is 11.5. The van der Waals surface area contributed by atoms with E-state index in [-0.39, 0.29) is 27.9 Å². The molecule has 1 saturated heterocycles. The molecule has 0 radical (unpaired) electrons. The topological polar surface area (TPSA) is 105 Å². The number of anilines is 1. The fourth-order valence-corrected chi connectivity index (χ4v) is 4.94. The Bertz CT molecular complexity index is 1220. The number of carbonyl (C=O) groups is 1. The molecule has 3 aromatic rings. The highest BCUT2D eigenvalue weighted by Gasteiger charge is 2.25. The first-order valence-electron chi connectivity index (χ1n) is 10.0. The number of amides is 1. The summed E-state index contributed by atoms with van der Waals surface area (Å²) in [5, 5.41) is 9.66. The van der Waals surface area contributed by atoms with Gasteiger partial charge in [-0.3, -0.25) is 10.1 Å². The van der Waals surface area contributed by atoms with Gasteiger partial charge in [0.25, 0.3) is 11.8 Å². The van der Waals surface area contributed by atoms with Crippen molar-refractivity contribution in [3.63, 3.8) is 0 Å². The maximum Gasteiger partial charge on any atom is 0.322 e. The standard InChI is InChI=1S/C21H20F2N4O4S/c22-15-7-10-17(18(23)13-15)20-25-26-21(31-20)24-19(28)14-5-8-16(9-6-14)32(29,30)27-11-3-1-2-4-12-27/h5-10,13H,1-4,11-12H2,(H,24,26,28). The van der Waals surface area contributed by atoms with Crippen LogP contribution in [0.15, 0.2) is 51.8 Å². The molecule has 0 spiro atoms. The highest BCUT2D eigenvalue weighted by atomic mass is 32.2. The van der Waals surface area contributed by atoms with E-state index < -0.39 is 27.6 Å². The number of rotatable bonds is 5. The summed E-state index contributed by atoms with van der Waals surface area (Å²) in [6, 6.07) is 8.11. The van der Waals surface area contributed by atoms with Crippen molar-refractivity contribution in [2.24, 2.45) is 0 Å². The molecule has 2 heterocycles. The van der Waals surface area contributed by atoms with Gasteiger partial charge in [-0.05, 0) is 49.2 Å². The average Bonchev–Trinajstić information content (AvgIpc) is 3.04. The van der Waals surface area contributed by atoms with Crippen LogP contribution >= 0.6 is 0 Å². The van der Waals surface area contributed by atoms with Crippen LogP contribution in [0.25, 0.3) is 11.5 Å². The second kappa shape index (κ2) is 9.13. The zero-order valence-corrected chi connectivity index (χ0v) is 17.7. The lowest BCUT2D eigenvalue weighted by Gasteiger charge is -2.19. The summed E-state index contributed by atoms with van der Waals surface area (Å²) < 4.78 is 59.3. The summed E-state index contributed by atoms with van der Waals surface area (Å²) >= 11 is 0. The van der Waals surface area contributed by atoms with E-state index in [0.29, 0.717) is 19.2 Å². The third kappa shape index (κ3) is 4.68. The number of hydrogen-bond donors (Lipinski definition) is 1. The van der Waals surface area contributed by atoms with Crippen molar-refractivity contribution < 1.29 is 26.4 Å². The largest absolute Gasteiger partial charge is 0.403 e. The van der Waals surface area contributed by atoms with E-state index in [9.17, 15) is 22.0 Å². The van der Waals surface area contributed by atoms with Gasteiger partial charge in [0.05, 0.1) is 10.5 Å². The number of halogens is 2. The van der Waals surface area contributed by atoms with Gasteiger partial charge < -0.3 is 4.42 Å². The van der Waals surface area contributed by atoms with Crippen LogP contribution < -0.4 is 5.32 Å². The van der Waals surface area contributed by atoms with Crippen LogP contribution in [0.2, 0.25) is 0 Å². The maximum atomic E-state index is 13.9. The quantitative estimate of drug-likeness (QED) is 0.618. The summed E-state index contributed by atoms with van der Waals surface area (Å²) in [5.74, 6) is -2.47. The third-order valence-electron chi connectivity index (χ3n) is 5.13. The van der Waals surface area contributed by atoms with Crippen molar-refractivity contribution in [2.45, 2.75) is 30.6 Å². The SMILES string of the molecule is O=C(Nc1nnc(-c2ccc(F)cc2F)o1)c1ccc(S(=O)(=O)N2CCCCCC2)cc1.